The molecule has 0 bridgehead atoms. The fraction of sp³-hybridized carbons (Fsp3) is 1.00. The van der Waals surface area contributed by atoms with E-state index < -0.39 is 17.4 Å². The Morgan fingerprint density at radius 2 is 1.03 bits per heavy atom. The lowest BCUT2D eigenvalue weighted by molar-refractivity contribution is -0.0180. The lowest BCUT2D eigenvalue weighted by atomic mass is 10.4. The smallest absolute Gasteiger partial charge is 0.398 e. The second-order valence-electron chi connectivity index (χ2n) is 8.03. The second kappa shape index (κ2) is 20.2. The number of nitrogens with zero attached hydrogens (tertiary/aromatic N) is 2. The predicted octanol–water partition coefficient (Wildman–Crippen LogP) is -0.375. The minimum absolute atomic E-state index is 0.607. The molecule has 0 aliphatic heterocycles. The summed E-state index contributed by atoms with van der Waals surface area (Å²) in [5.74, 6) is 0. The van der Waals surface area contributed by atoms with Crippen LogP contribution in [-0.4, -0.2) is 128 Å². The van der Waals surface area contributed by atoms with Gasteiger partial charge in [-0.25, -0.2) is 10.0 Å². The minimum atomic E-state index is -2.49. The van der Waals surface area contributed by atoms with Crippen molar-refractivity contribution in [2.75, 3.05) is 101 Å². The van der Waals surface area contributed by atoms with Crippen molar-refractivity contribution in [3.05, 3.63) is 0 Å². The maximum absolute atomic E-state index is 5.88. The molecule has 0 saturated carbocycles. The summed E-state index contributed by atoms with van der Waals surface area (Å²) in [5.41, 5.74) is 11.8. The molecule has 13 heteroatoms. The molecular formula is C20H52N6O5Si2. The SMILES string of the molecule is CO[Si](C)(CCCNCCN(CCN)N(CCN)CCNCCC[Si](OC)(OC)OC)OC. The van der Waals surface area contributed by atoms with Gasteiger partial charge in [0.25, 0.3) is 0 Å². The van der Waals surface area contributed by atoms with Crippen LogP contribution in [0, 0.1) is 0 Å². The van der Waals surface area contributed by atoms with E-state index in [1.165, 1.54) is 0 Å². The van der Waals surface area contributed by atoms with Gasteiger partial charge < -0.3 is 44.2 Å². The van der Waals surface area contributed by atoms with Gasteiger partial charge in [0.05, 0.1) is 0 Å². The molecule has 200 valence electrons. The highest BCUT2D eigenvalue weighted by Gasteiger charge is 2.36. The number of hydrogen-bond acceptors (Lipinski definition) is 11. The summed E-state index contributed by atoms with van der Waals surface area (Å²) in [6, 6.07) is 1.77. The Hall–Kier alpha value is -0.00623. The topological polar surface area (TPSA) is 129 Å². The highest BCUT2D eigenvalue weighted by Crippen LogP contribution is 2.14. The standard InChI is InChI=1S/C20H52N6O5Si2/c1-27-32(6,28-2)19-7-11-23-13-17-25(15-9-21)26(16-10-22)18-14-24-12-8-20-33(29-3,30-4)31-5/h23-24H,7-22H2,1-6H3. The molecule has 0 aromatic heterocycles. The highest BCUT2D eigenvalue weighted by atomic mass is 28.4. The molecule has 11 nitrogen and oxygen atoms in total. The Labute approximate surface area is 204 Å². The van der Waals surface area contributed by atoms with Crippen LogP contribution in [-0.2, 0) is 22.1 Å². The highest BCUT2D eigenvalue weighted by molar-refractivity contribution is 6.65. The summed E-state index contributed by atoms with van der Waals surface area (Å²) >= 11 is 0. The van der Waals surface area contributed by atoms with Crippen LogP contribution in [0.25, 0.3) is 0 Å². The molecule has 0 rings (SSSR count). The van der Waals surface area contributed by atoms with Crippen LogP contribution < -0.4 is 22.1 Å². The van der Waals surface area contributed by atoms with Crippen LogP contribution in [0.2, 0.25) is 18.6 Å². The normalized spacial score (nSPS) is 12.9. The molecule has 0 aromatic rings. The first kappa shape index (κ1) is 33.0. The predicted molar refractivity (Wildman–Crippen MR) is 138 cm³/mol. The first-order valence-corrected chi connectivity index (χ1v) is 16.4. The van der Waals surface area contributed by atoms with Crippen molar-refractivity contribution in [2.24, 2.45) is 11.5 Å². The molecule has 0 aliphatic carbocycles. The van der Waals surface area contributed by atoms with Gasteiger partial charge in [-0.2, -0.15) is 0 Å². The molecule has 0 aromatic carbocycles. The van der Waals surface area contributed by atoms with E-state index >= 15 is 0 Å². The summed E-state index contributed by atoms with van der Waals surface area (Å²) in [4.78, 5) is 0. The van der Waals surface area contributed by atoms with Crippen LogP contribution in [0.15, 0.2) is 0 Å². The number of rotatable bonds is 24. The zero-order chi connectivity index (χ0) is 25.0. The van der Waals surface area contributed by atoms with Crippen LogP contribution >= 0.6 is 0 Å². The van der Waals surface area contributed by atoms with Crippen molar-refractivity contribution in [3.8, 4) is 0 Å². The summed E-state index contributed by atoms with van der Waals surface area (Å²) in [6.45, 7) is 10.3. The van der Waals surface area contributed by atoms with E-state index in [2.05, 4.69) is 27.2 Å². The minimum Gasteiger partial charge on any atom is -0.398 e. The molecule has 0 heterocycles. The van der Waals surface area contributed by atoms with Gasteiger partial charge in [0.2, 0.25) is 0 Å². The molecule has 33 heavy (non-hydrogen) atoms. The number of nitrogens with one attached hydrogen (secondary N) is 2. The second-order valence-corrected chi connectivity index (χ2v) is 14.7. The van der Waals surface area contributed by atoms with E-state index in [-0.39, 0.29) is 0 Å². The van der Waals surface area contributed by atoms with Gasteiger partial charge in [0.15, 0.2) is 0 Å². The first-order valence-electron chi connectivity index (χ1n) is 12.0. The molecule has 0 spiro atoms. The van der Waals surface area contributed by atoms with E-state index in [1.807, 2.05) is 0 Å². The van der Waals surface area contributed by atoms with E-state index in [0.717, 1.165) is 77.3 Å². The van der Waals surface area contributed by atoms with Crippen molar-refractivity contribution >= 4 is 17.4 Å². The Morgan fingerprint density at radius 3 is 1.39 bits per heavy atom. The van der Waals surface area contributed by atoms with Gasteiger partial charge in [-0.05, 0) is 38.5 Å². The van der Waals surface area contributed by atoms with Crippen molar-refractivity contribution in [2.45, 2.75) is 31.5 Å². The van der Waals surface area contributed by atoms with E-state index in [1.54, 1.807) is 35.5 Å². The van der Waals surface area contributed by atoms with Crippen molar-refractivity contribution in [1.29, 1.82) is 0 Å². The van der Waals surface area contributed by atoms with Gasteiger partial charge in [-0.3, -0.25) is 0 Å². The first-order chi connectivity index (χ1) is 15.9. The number of hydrogen-bond donors (Lipinski definition) is 4. The maximum Gasteiger partial charge on any atom is 0.500 e. The van der Waals surface area contributed by atoms with Crippen molar-refractivity contribution in [3.63, 3.8) is 0 Å². The van der Waals surface area contributed by atoms with Crippen LogP contribution in [0.1, 0.15) is 12.8 Å². The molecule has 0 unspecified atom stereocenters. The summed E-state index contributed by atoms with van der Waals surface area (Å²) in [5, 5.41) is 11.6. The molecule has 0 amide bonds. The molecule has 0 atom stereocenters. The third-order valence-corrected chi connectivity index (χ3v) is 11.7. The Bertz CT molecular complexity index is 443. The third kappa shape index (κ3) is 14.2. The van der Waals surface area contributed by atoms with E-state index in [0.29, 0.717) is 13.1 Å². The summed E-state index contributed by atoms with van der Waals surface area (Å²) in [6.07, 6.45) is 1.97. The maximum atomic E-state index is 5.88. The van der Waals surface area contributed by atoms with Crippen LogP contribution in [0.5, 0.6) is 0 Å². The average Bonchev–Trinajstić information content (AvgIpc) is 2.84. The molecule has 6 N–H and O–H groups in total. The van der Waals surface area contributed by atoms with Gasteiger partial charge >= 0.3 is 17.4 Å². The molecule has 0 radical (unpaired) electrons. The fourth-order valence-electron chi connectivity index (χ4n) is 3.56. The van der Waals surface area contributed by atoms with Crippen molar-refractivity contribution in [1.82, 2.24) is 20.7 Å². The fourth-order valence-corrected chi connectivity index (χ4v) is 6.68. The quantitative estimate of drug-likeness (QED) is 0.0767. The van der Waals surface area contributed by atoms with Gasteiger partial charge in [0, 0.05) is 94.0 Å². The largest absolute Gasteiger partial charge is 0.500 e. The van der Waals surface area contributed by atoms with Crippen molar-refractivity contribution < 1.29 is 22.1 Å². The average molecular weight is 513 g/mol. The zero-order valence-electron chi connectivity index (χ0n) is 22.0. The monoisotopic (exact) mass is 512 g/mol. The van der Waals surface area contributed by atoms with E-state index in [9.17, 15) is 0 Å². The third-order valence-electron chi connectivity index (χ3n) is 5.89. The molecular weight excluding hydrogens is 460 g/mol. The van der Waals surface area contributed by atoms with E-state index in [4.69, 9.17) is 33.6 Å². The molecule has 0 saturated heterocycles. The Kier molecular flexibility index (Phi) is 20.2. The Morgan fingerprint density at radius 1 is 0.606 bits per heavy atom. The molecule has 0 fully saturated rings. The van der Waals surface area contributed by atoms with Crippen LogP contribution in [0.4, 0.5) is 0 Å². The summed E-state index contributed by atoms with van der Waals surface area (Å²) < 4.78 is 27.5. The number of hydrazine groups is 1. The van der Waals surface area contributed by atoms with Gasteiger partial charge in [-0.1, -0.05) is 0 Å². The Balaban J connectivity index is 4.32. The van der Waals surface area contributed by atoms with Gasteiger partial charge in [-0.15, -0.1) is 0 Å². The molecule has 0 aliphatic rings. The summed E-state index contributed by atoms with van der Waals surface area (Å²) in [7, 11) is 3.96. The van der Waals surface area contributed by atoms with Crippen LogP contribution in [0.3, 0.4) is 0 Å². The lowest BCUT2D eigenvalue weighted by Crippen LogP contribution is -2.51. The van der Waals surface area contributed by atoms with Gasteiger partial charge in [0.1, 0.15) is 0 Å². The zero-order valence-corrected chi connectivity index (χ0v) is 24.0. The number of nitrogens with two attached hydrogens (primary N) is 2. The lowest BCUT2D eigenvalue weighted by Gasteiger charge is -2.35.